The molecule has 1 N–H and O–H groups in total. The van der Waals surface area contributed by atoms with Gasteiger partial charge in [-0.3, -0.25) is 0 Å². The lowest BCUT2D eigenvalue weighted by molar-refractivity contribution is 0.223. The molecule has 34 heavy (non-hydrogen) atoms. The van der Waals surface area contributed by atoms with Crippen molar-refractivity contribution < 1.29 is 9.13 Å². The van der Waals surface area contributed by atoms with Gasteiger partial charge in [0.25, 0.3) is 0 Å². The molecule has 0 saturated heterocycles. The van der Waals surface area contributed by atoms with Crippen molar-refractivity contribution in [3.63, 3.8) is 0 Å². The Kier molecular flexibility index (Phi) is 5.39. The molecule has 2 atom stereocenters. The standard InChI is InChI=1S/C25H17BrClFN4OS/c1-34-25-30-24-29-21-18-12-16(27)8-11-19(18)33-23(14-2-6-15(26)7-3-14)20(21)22(32(24)31-25)13-4-9-17(28)10-5-13/h2-12,22-23H,1H3,(H,29,30,31)/t22-,23-/m1/s1. The topological polar surface area (TPSA) is 52.0 Å². The Morgan fingerprint density at radius 2 is 1.79 bits per heavy atom. The molecule has 0 aliphatic carbocycles. The highest BCUT2D eigenvalue weighted by Crippen LogP contribution is 2.51. The third-order valence-corrected chi connectivity index (χ3v) is 7.26. The van der Waals surface area contributed by atoms with Crippen molar-refractivity contribution in [3.8, 4) is 5.75 Å². The van der Waals surface area contributed by atoms with Crippen LogP contribution in [0.15, 0.2) is 81.9 Å². The molecule has 0 spiro atoms. The Balaban J connectivity index is 1.63. The molecule has 1 aromatic heterocycles. The molecular formula is C25H17BrClFN4OS. The first kappa shape index (κ1) is 21.7. The molecule has 0 amide bonds. The van der Waals surface area contributed by atoms with E-state index < -0.39 is 6.10 Å². The molecule has 3 heterocycles. The lowest BCUT2D eigenvalue weighted by Crippen LogP contribution is -2.32. The van der Waals surface area contributed by atoms with Gasteiger partial charge in [-0.15, -0.1) is 5.10 Å². The number of anilines is 1. The van der Waals surface area contributed by atoms with Crippen LogP contribution < -0.4 is 10.1 Å². The van der Waals surface area contributed by atoms with Gasteiger partial charge >= 0.3 is 0 Å². The van der Waals surface area contributed by atoms with Gasteiger partial charge in [0, 0.05) is 20.6 Å². The van der Waals surface area contributed by atoms with E-state index in [1.807, 2.05) is 53.4 Å². The Morgan fingerprint density at radius 1 is 1.06 bits per heavy atom. The second-order valence-electron chi connectivity index (χ2n) is 7.97. The second kappa shape index (κ2) is 8.45. The Labute approximate surface area is 213 Å². The van der Waals surface area contributed by atoms with Crippen molar-refractivity contribution >= 4 is 50.9 Å². The van der Waals surface area contributed by atoms with Crippen molar-refractivity contribution in [2.45, 2.75) is 17.3 Å². The first-order valence-corrected chi connectivity index (χ1v) is 12.9. The van der Waals surface area contributed by atoms with Crippen LogP contribution in [0.2, 0.25) is 5.02 Å². The zero-order valence-corrected chi connectivity index (χ0v) is 21.0. The highest BCUT2D eigenvalue weighted by atomic mass is 79.9. The van der Waals surface area contributed by atoms with Gasteiger partial charge in [0.2, 0.25) is 11.1 Å². The quantitative estimate of drug-likeness (QED) is 0.273. The summed E-state index contributed by atoms with van der Waals surface area (Å²) in [5.41, 5.74) is 4.54. The van der Waals surface area contributed by atoms with Crippen LogP contribution in [0.5, 0.6) is 5.75 Å². The summed E-state index contributed by atoms with van der Waals surface area (Å²) in [6.45, 7) is 0. The fourth-order valence-corrected chi connectivity index (χ4v) is 5.23. The van der Waals surface area contributed by atoms with E-state index in [0.717, 1.165) is 38.2 Å². The summed E-state index contributed by atoms with van der Waals surface area (Å²) in [4.78, 5) is 4.67. The van der Waals surface area contributed by atoms with Crippen LogP contribution in [0, 0.1) is 5.82 Å². The fourth-order valence-electron chi connectivity index (χ4n) is 4.45. The van der Waals surface area contributed by atoms with E-state index in [9.17, 15) is 4.39 Å². The predicted molar refractivity (Wildman–Crippen MR) is 136 cm³/mol. The highest BCUT2D eigenvalue weighted by molar-refractivity contribution is 9.10. The van der Waals surface area contributed by atoms with Gasteiger partial charge in [-0.2, -0.15) is 4.98 Å². The van der Waals surface area contributed by atoms with Crippen LogP contribution >= 0.6 is 39.3 Å². The van der Waals surface area contributed by atoms with Gasteiger partial charge in [0.05, 0.1) is 5.70 Å². The van der Waals surface area contributed by atoms with Crippen LogP contribution in [-0.4, -0.2) is 21.0 Å². The third-order valence-electron chi connectivity index (χ3n) is 5.96. The fraction of sp³-hybridized carbons (Fsp3) is 0.120. The Morgan fingerprint density at radius 3 is 2.53 bits per heavy atom. The van der Waals surface area contributed by atoms with Crippen LogP contribution in [0.1, 0.15) is 28.8 Å². The van der Waals surface area contributed by atoms with E-state index in [1.165, 1.54) is 23.9 Å². The van der Waals surface area contributed by atoms with Crippen LogP contribution in [-0.2, 0) is 0 Å². The Hall–Kier alpha value is -2.81. The summed E-state index contributed by atoms with van der Waals surface area (Å²) in [6, 6.07) is 19.8. The lowest BCUT2D eigenvalue weighted by Gasteiger charge is -2.39. The summed E-state index contributed by atoms with van der Waals surface area (Å²) in [7, 11) is 0. The number of fused-ring (bicyclic) bond motifs is 3. The van der Waals surface area contributed by atoms with Gasteiger partial charge in [-0.1, -0.05) is 63.6 Å². The summed E-state index contributed by atoms with van der Waals surface area (Å²) in [5, 5.41) is 9.48. The average Bonchev–Trinajstić information content (AvgIpc) is 3.27. The molecule has 0 saturated carbocycles. The number of nitrogens with one attached hydrogen (secondary N) is 1. The van der Waals surface area contributed by atoms with Crippen molar-refractivity contribution in [2.75, 3.05) is 11.6 Å². The predicted octanol–water partition coefficient (Wildman–Crippen LogP) is 7.11. The van der Waals surface area contributed by atoms with Crippen molar-refractivity contribution in [2.24, 2.45) is 0 Å². The van der Waals surface area contributed by atoms with E-state index in [-0.39, 0.29) is 11.9 Å². The molecule has 0 fully saturated rings. The van der Waals surface area contributed by atoms with E-state index in [4.69, 9.17) is 21.4 Å². The maximum atomic E-state index is 13.9. The molecule has 170 valence electrons. The number of aromatic nitrogens is 3. The van der Waals surface area contributed by atoms with Crippen LogP contribution in [0.25, 0.3) is 5.70 Å². The number of benzene rings is 3. The normalized spacial score (nSPS) is 18.5. The van der Waals surface area contributed by atoms with Gasteiger partial charge < -0.3 is 10.1 Å². The second-order valence-corrected chi connectivity index (χ2v) is 10.1. The number of hydrogen-bond acceptors (Lipinski definition) is 5. The molecule has 2 aliphatic rings. The minimum absolute atomic E-state index is 0.294. The summed E-state index contributed by atoms with van der Waals surface area (Å²) < 4.78 is 23.3. The summed E-state index contributed by atoms with van der Waals surface area (Å²) in [5.74, 6) is 1.04. The zero-order valence-electron chi connectivity index (χ0n) is 17.8. The van der Waals surface area contributed by atoms with E-state index in [0.29, 0.717) is 16.1 Å². The minimum atomic E-state index is -0.408. The van der Waals surface area contributed by atoms with Gasteiger partial charge in [-0.05, 0) is 59.8 Å². The molecule has 3 aromatic carbocycles. The first-order valence-electron chi connectivity index (χ1n) is 10.5. The summed E-state index contributed by atoms with van der Waals surface area (Å²) in [6.07, 6.45) is 1.53. The molecule has 0 unspecified atom stereocenters. The summed E-state index contributed by atoms with van der Waals surface area (Å²) >= 11 is 11.4. The van der Waals surface area contributed by atoms with Gasteiger partial charge in [0.15, 0.2) is 0 Å². The minimum Gasteiger partial charge on any atom is -0.480 e. The number of hydrogen-bond donors (Lipinski definition) is 1. The molecule has 6 rings (SSSR count). The highest BCUT2D eigenvalue weighted by Gasteiger charge is 2.41. The number of rotatable bonds is 3. The number of nitrogens with zero attached hydrogens (tertiary/aromatic N) is 3. The third kappa shape index (κ3) is 3.61. The first-order chi connectivity index (χ1) is 16.5. The van der Waals surface area contributed by atoms with Crippen molar-refractivity contribution in [3.05, 3.63) is 104 Å². The molecule has 0 radical (unpaired) electrons. The molecular weight excluding hydrogens is 539 g/mol. The molecule has 2 aliphatic heterocycles. The van der Waals surface area contributed by atoms with Crippen LogP contribution in [0.4, 0.5) is 10.3 Å². The Bertz CT molecular complexity index is 1440. The SMILES string of the molecule is CSc1nc2n(n1)[C@H](c1ccc(F)cc1)C1=C(N2)c2cc(Cl)ccc2O[C@@H]1c1ccc(Br)cc1. The lowest BCUT2D eigenvalue weighted by atomic mass is 9.84. The van der Waals surface area contributed by atoms with Crippen molar-refractivity contribution in [1.82, 2.24) is 14.8 Å². The van der Waals surface area contributed by atoms with E-state index in [1.54, 1.807) is 12.1 Å². The van der Waals surface area contributed by atoms with Gasteiger partial charge in [-0.25, -0.2) is 9.07 Å². The van der Waals surface area contributed by atoms with E-state index >= 15 is 0 Å². The smallest absolute Gasteiger partial charge is 0.227 e. The molecule has 0 bridgehead atoms. The zero-order chi connectivity index (χ0) is 23.4. The number of thioether (sulfide) groups is 1. The van der Waals surface area contributed by atoms with E-state index in [2.05, 4.69) is 26.2 Å². The maximum Gasteiger partial charge on any atom is 0.227 e. The van der Waals surface area contributed by atoms with Crippen LogP contribution in [0.3, 0.4) is 0 Å². The van der Waals surface area contributed by atoms with Crippen molar-refractivity contribution in [1.29, 1.82) is 0 Å². The monoisotopic (exact) mass is 554 g/mol. The molecule has 5 nitrogen and oxygen atoms in total. The largest absolute Gasteiger partial charge is 0.480 e. The molecule has 9 heteroatoms. The molecule has 4 aromatic rings. The average molecular weight is 556 g/mol. The number of ether oxygens (including phenoxy) is 1. The van der Waals surface area contributed by atoms with Gasteiger partial charge in [0.1, 0.15) is 23.7 Å². The number of halogens is 3. The maximum absolute atomic E-state index is 13.9.